The zero-order valence-corrected chi connectivity index (χ0v) is 14.7. The molecular formula is C19H17N3OSe. The summed E-state index contributed by atoms with van der Waals surface area (Å²) in [4.78, 5) is 12.2. The number of fused-ring (bicyclic) bond motifs is 2. The Bertz CT molecular complexity index is 1080. The Kier molecular flexibility index (Phi) is 3.89. The summed E-state index contributed by atoms with van der Waals surface area (Å²) in [5.74, 6) is 0. The number of para-hydroxylation sites is 1. The number of rotatable bonds is 4. The molecule has 1 heterocycles. The van der Waals surface area contributed by atoms with Crippen molar-refractivity contribution in [3.8, 4) is 0 Å². The van der Waals surface area contributed by atoms with Crippen LogP contribution in [0.5, 0.6) is 0 Å². The average Bonchev–Trinajstić information content (AvgIpc) is 2.91. The number of nitrogens with zero attached hydrogens (tertiary/aromatic N) is 1. The van der Waals surface area contributed by atoms with Gasteiger partial charge in [0.2, 0.25) is 0 Å². The van der Waals surface area contributed by atoms with Crippen molar-refractivity contribution in [3.05, 3.63) is 69.9 Å². The first-order chi connectivity index (χ1) is 11.7. The van der Waals surface area contributed by atoms with Crippen molar-refractivity contribution in [2.45, 2.75) is 6.54 Å². The number of hydrogen-bond donors (Lipinski definition) is 2. The van der Waals surface area contributed by atoms with E-state index in [1.165, 1.54) is 4.26 Å². The summed E-state index contributed by atoms with van der Waals surface area (Å²) in [6.45, 7) is 1.34. The second kappa shape index (κ2) is 6.19. The molecule has 0 unspecified atom stereocenters. The average molecular weight is 382 g/mol. The van der Waals surface area contributed by atoms with Gasteiger partial charge in [-0.15, -0.1) is 0 Å². The molecule has 1 aromatic heterocycles. The number of benzene rings is 3. The van der Waals surface area contributed by atoms with Crippen LogP contribution >= 0.6 is 0 Å². The van der Waals surface area contributed by atoms with Gasteiger partial charge >= 0.3 is 145 Å². The van der Waals surface area contributed by atoms with Crippen LogP contribution in [0.15, 0.2) is 65.5 Å². The number of nitrogens with two attached hydrogens (primary N) is 1. The molecule has 4 nitrogen and oxygen atoms in total. The normalized spacial score (nSPS) is 11.2. The predicted molar refractivity (Wildman–Crippen MR) is 102 cm³/mol. The molecule has 4 aromatic rings. The molecule has 0 aliphatic rings. The van der Waals surface area contributed by atoms with Gasteiger partial charge in [0.15, 0.2) is 0 Å². The fourth-order valence-electron chi connectivity index (χ4n) is 3.05. The van der Waals surface area contributed by atoms with Crippen LogP contribution in [0.1, 0.15) is 0 Å². The Morgan fingerprint density at radius 2 is 1.79 bits per heavy atom. The van der Waals surface area contributed by atoms with Crippen molar-refractivity contribution < 1.29 is 0 Å². The molecular weight excluding hydrogens is 365 g/mol. The number of nitrogens with one attached hydrogen (secondary N) is 1. The maximum atomic E-state index is 12.2. The van der Waals surface area contributed by atoms with Crippen LogP contribution in [0.25, 0.3) is 20.5 Å². The molecule has 0 saturated carbocycles. The number of nitrogen functional groups attached to an aromatic ring is 1. The number of anilines is 2. The number of aromatic nitrogens is 1. The van der Waals surface area contributed by atoms with E-state index in [4.69, 9.17) is 5.73 Å². The van der Waals surface area contributed by atoms with E-state index in [0.29, 0.717) is 13.1 Å². The molecule has 0 atom stereocenters. The van der Waals surface area contributed by atoms with Gasteiger partial charge in [0, 0.05) is 0 Å². The summed E-state index contributed by atoms with van der Waals surface area (Å²) in [6.07, 6.45) is 0. The van der Waals surface area contributed by atoms with Crippen LogP contribution in [0.4, 0.5) is 11.4 Å². The van der Waals surface area contributed by atoms with E-state index in [2.05, 4.69) is 17.4 Å². The first-order valence-corrected chi connectivity index (χ1v) is 9.55. The zero-order chi connectivity index (χ0) is 16.5. The summed E-state index contributed by atoms with van der Waals surface area (Å²) in [7, 11) is 0. The molecule has 0 amide bonds. The first kappa shape index (κ1) is 15.1. The van der Waals surface area contributed by atoms with E-state index in [9.17, 15) is 4.79 Å². The molecule has 0 bridgehead atoms. The topological polar surface area (TPSA) is 60.0 Å². The molecule has 0 aliphatic carbocycles. The second-order valence-electron chi connectivity index (χ2n) is 5.67. The van der Waals surface area contributed by atoms with Crippen LogP contribution in [-0.4, -0.2) is 25.6 Å². The van der Waals surface area contributed by atoms with Crippen molar-refractivity contribution in [1.82, 2.24) is 4.57 Å². The van der Waals surface area contributed by atoms with Gasteiger partial charge in [-0.25, -0.2) is 0 Å². The monoisotopic (exact) mass is 383 g/mol. The molecule has 5 heteroatoms. The molecule has 3 N–H and O–H groups in total. The molecule has 0 radical (unpaired) electrons. The third kappa shape index (κ3) is 2.62. The van der Waals surface area contributed by atoms with E-state index in [-0.39, 0.29) is 18.9 Å². The van der Waals surface area contributed by atoms with E-state index < -0.39 is 0 Å². The van der Waals surface area contributed by atoms with Crippen molar-refractivity contribution in [2.24, 2.45) is 0 Å². The molecule has 0 fully saturated rings. The van der Waals surface area contributed by atoms with Gasteiger partial charge in [-0.3, -0.25) is 0 Å². The Hall–Kier alpha value is -2.49. The SMILES string of the molecule is Nc1cccc2cccc(NCCn3c(=O)[se]c4ccccc43)c12. The van der Waals surface area contributed by atoms with Gasteiger partial charge in [-0.05, 0) is 0 Å². The van der Waals surface area contributed by atoms with E-state index in [1.54, 1.807) is 0 Å². The predicted octanol–water partition coefficient (Wildman–Crippen LogP) is 2.91. The van der Waals surface area contributed by atoms with Gasteiger partial charge in [0.05, 0.1) is 0 Å². The molecule has 3 aromatic carbocycles. The summed E-state index contributed by atoms with van der Waals surface area (Å²) in [5.41, 5.74) is 8.97. The Balaban J connectivity index is 1.60. The van der Waals surface area contributed by atoms with Crippen molar-refractivity contribution >= 4 is 46.4 Å². The Morgan fingerprint density at radius 1 is 1.00 bits per heavy atom. The van der Waals surface area contributed by atoms with E-state index >= 15 is 0 Å². The van der Waals surface area contributed by atoms with Crippen LogP contribution in [0.2, 0.25) is 0 Å². The van der Waals surface area contributed by atoms with Gasteiger partial charge < -0.3 is 0 Å². The van der Waals surface area contributed by atoms with Gasteiger partial charge in [-0.1, -0.05) is 0 Å². The van der Waals surface area contributed by atoms with Gasteiger partial charge in [0.1, 0.15) is 0 Å². The molecule has 4 rings (SSSR count). The van der Waals surface area contributed by atoms with Crippen molar-refractivity contribution in [3.63, 3.8) is 0 Å². The molecule has 120 valence electrons. The van der Waals surface area contributed by atoms with E-state index in [0.717, 1.165) is 27.7 Å². The molecule has 0 aliphatic heterocycles. The second-order valence-corrected chi connectivity index (χ2v) is 7.75. The Morgan fingerprint density at radius 3 is 2.67 bits per heavy atom. The summed E-state index contributed by atoms with van der Waals surface area (Å²) < 4.78 is 3.28. The maximum absolute atomic E-state index is 12.2. The van der Waals surface area contributed by atoms with Gasteiger partial charge in [0.25, 0.3) is 0 Å². The fraction of sp³-hybridized carbons (Fsp3) is 0.105. The van der Waals surface area contributed by atoms with Crippen LogP contribution in [0, 0.1) is 0 Å². The zero-order valence-electron chi connectivity index (χ0n) is 13.0. The summed E-state index contributed by atoms with van der Waals surface area (Å²) >= 11 is -0.0968. The third-order valence-corrected chi connectivity index (χ3v) is 6.18. The Labute approximate surface area is 145 Å². The quantitative estimate of drug-likeness (QED) is 0.422. The molecule has 0 saturated heterocycles. The fourth-order valence-corrected chi connectivity index (χ4v) is 4.97. The van der Waals surface area contributed by atoms with Crippen LogP contribution < -0.4 is 15.5 Å². The number of hydrogen-bond acceptors (Lipinski definition) is 3. The molecule has 24 heavy (non-hydrogen) atoms. The van der Waals surface area contributed by atoms with Crippen molar-refractivity contribution in [2.75, 3.05) is 17.6 Å². The van der Waals surface area contributed by atoms with Gasteiger partial charge in [-0.2, -0.15) is 0 Å². The van der Waals surface area contributed by atoms with Crippen LogP contribution in [0.3, 0.4) is 0 Å². The third-order valence-electron chi connectivity index (χ3n) is 4.16. The summed E-state index contributed by atoms with van der Waals surface area (Å²) in [6, 6.07) is 20.1. The standard InChI is InChI=1S/C19H17N3OSe/c20-14-7-3-5-13-6-4-8-15(18(13)14)21-11-12-22-16-9-1-2-10-17(16)24-19(22)23/h1-10,21H,11-12,20H2. The minimum absolute atomic E-state index is 0.0968. The minimum atomic E-state index is -0.0968. The summed E-state index contributed by atoms with van der Waals surface area (Å²) in [5, 5.41) is 5.60. The van der Waals surface area contributed by atoms with Crippen molar-refractivity contribution in [1.29, 1.82) is 0 Å². The van der Waals surface area contributed by atoms with Crippen LogP contribution in [-0.2, 0) is 6.54 Å². The molecule has 0 spiro atoms. The first-order valence-electron chi connectivity index (χ1n) is 7.83. The van der Waals surface area contributed by atoms with E-state index in [1.807, 2.05) is 53.1 Å².